The summed E-state index contributed by atoms with van der Waals surface area (Å²) in [4.78, 5) is 41.6. The second-order valence-electron chi connectivity index (χ2n) is 11.9. The van der Waals surface area contributed by atoms with Crippen LogP contribution in [0.4, 0.5) is 18.9 Å². The molecule has 0 atom stereocenters. The van der Waals surface area contributed by atoms with E-state index in [0.29, 0.717) is 24.6 Å². The number of aromatic nitrogens is 4. The van der Waals surface area contributed by atoms with Gasteiger partial charge >= 0.3 is 6.18 Å². The quantitative estimate of drug-likeness (QED) is 0.170. The molecule has 3 heterocycles. The number of unbranched alkanes of at least 4 members (excludes halogenated alkanes) is 4. The second-order valence-corrected chi connectivity index (χ2v) is 12.3. The molecule has 5 rings (SSSR count). The highest BCUT2D eigenvalue weighted by molar-refractivity contribution is 6.34. The molecule has 0 spiro atoms. The molecule has 11 nitrogen and oxygen atoms in total. The Morgan fingerprint density at radius 3 is 2.46 bits per heavy atom. The van der Waals surface area contributed by atoms with Crippen molar-refractivity contribution in [2.45, 2.75) is 63.6 Å². The summed E-state index contributed by atoms with van der Waals surface area (Å²) in [5.74, 6) is -0.454. The maximum absolute atomic E-state index is 13.7. The Labute approximate surface area is 269 Å². The highest BCUT2D eigenvalue weighted by Gasteiger charge is 2.40. The summed E-state index contributed by atoms with van der Waals surface area (Å²) in [6, 6.07) is 4.38. The minimum absolute atomic E-state index is 0.0540. The average Bonchev–Trinajstić information content (AvgIpc) is 3.60. The largest absolute Gasteiger partial charge is 0.435 e. The van der Waals surface area contributed by atoms with Crippen molar-refractivity contribution in [1.29, 1.82) is 0 Å². The number of amides is 3. The minimum atomic E-state index is -4.67. The number of halogens is 4. The Balaban J connectivity index is 1.06. The van der Waals surface area contributed by atoms with Gasteiger partial charge in [-0.15, -0.1) is 0 Å². The van der Waals surface area contributed by atoms with E-state index in [-0.39, 0.29) is 45.5 Å². The highest BCUT2D eigenvalue weighted by Crippen LogP contribution is 2.41. The monoisotopic (exact) mass is 662 g/mol. The van der Waals surface area contributed by atoms with Crippen molar-refractivity contribution in [2.75, 3.05) is 31.5 Å². The maximum atomic E-state index is 13.7. The summed E-state index contributed by atoms with van der Waals surface area (Å²) in [5.41, 5.74) is -0.528. The predicted octanol–water partition coefficient (Wildman–Crippen LogP) is 4.95. The minimum Gasteiger partial charge on any atom is -0.356 e. The first kappa shape index (κ1) is 33.5. The van der Waals surface area contributed by atoms with Crippen LogP contribution in [0.3, 0.4) is 0 Å². The molecule has 15 heteroatoms. The van der Waals surface area contributed by atoms with E-state index in [0.717, 1.165) is 64.6 Å². The number of alkyl halides is 3. The zero-order chi connectivity index (χ0) is 32.8. The van der Waals surface area contributed by atoms with E-state index >= 15 is 0 Å². The molecule has 46 heavy (non-hydrogen) atoms. The number of nitrogens with one attached hydrogen (secondary N) is 4. The third-order valence-corrected chi connectivity index (χ3v) is 8.49. The van der Waals surface area contributed by atoms with Gasteiger partial charge in [-0.05, 0) is 43.9 Å². The first-order valence-corrected chi connectivity index (χ1v) is 15.9. The molecule has 1 aromatic carbocycles. The first-order valence-electron chi connectivity index (χ1n) is 15.6. The van der Waals surface area contributed by atoms with E-state index in [1.807, 2.05) is 0 Å². The van der Waals surface area contributed by atoms with Crippen molar-refractivity contribution in [2.24, 2.45) is 13.0 Å². The lowest BCUT2D eigenvalue weighted by molar-refractivity contribution is -0.141. The Bertz CT molecular complexity index is 1560. The Hall–Kier alpha value is -3.91. The summed E-state index contributed by atoms with van der Waals surface area (Å²) in [6.07, 6.45) is 4.43. The van der Waals surface area contributed by atoms with E-state index in [1.165, 1.54) is 46.9 Å². The molecule has 1 aliphatic carbocycles. The zero-order valence-electron chi connectivity index (χ0n) is 25.6. The number of anilines is 1. The fraction of sp³-hybridized carbons (Fsp3) is 0.516. The van der Waals surface area contributed by atoms with Gasteiger partial charge in [-0.25, -0.2) is 4.98 Å². The van der Waals surface area contributed by atoms with Crippen molar-refractivity contribution in [1.82, 2.24) is 35.3 Å². The van der Waals surface area contributed by atoms with Crippen LogP contribution in [-0.4, -0.2) is 63.2 Å². The van der Waals surface area contributed by atoms with Gasteiger partial charge in [0.15, 0.2) is 11.5 Å². The summed E-state index contributed by atoms with van der Waals surface area (Å²) >= 11 is 6.35. The molecule has 2 fully saturated rings. The zero-order valence-corrected chi connectivity index (χ0v) is 26.3. The van der Waals surface area contributed by atoms with E-state index in [2.05, 4.69) is 31.3 Å². The summed E-state index contributed by atoms with van der Waals surface area (Å²) in [6.45, 7) is 3.15. The van der Waals surface area contributed by atoms with Crippen LogP contribution in [0.5, 0.6) is 0 Å². The van der Waals surface area contributed by atoms with Gasteiger partial charge in [0.25, 0.3) is 11.8 Å². The van der Waals surface area contributed by atoms with Crippen LogP contribution in [0, 0.1) is 5.92 Å². The van der Waals surface area contributed by atoms with Crippen LogP contribution in [0.1, 0.15) is 84.1 Å². The van der Waals surface area contributed by atoms with Crippen molar-refractivity contribution < 1.29 is 27.6 Å². The molecule has 0 bridgehead atoms. The number of benzene rings is 1. The molecule has 1 saturated heterocycles. The number of hydrogen-bond donors (Lipinski definition) is 4. The molecule has 4 N–H and O–H groups in total. The Morgan fingerprint density at radius 1 is 1.04 bits per heavy atom. The summed E-state index contributed by atoms with van der Waals surface area (Å²) in [7, 11) is 1.46. The first-order chi connectivity index (χ1) is 22.0. The van der Waals surface area contributed by atoms with Gasteiger partial charge in [0.2, 0.25) is 5.91 Å². The number of carbonyl (C=O) groups is 3. The van der Waals surface area contributed by atoms with Crippen LogP contribution in [0.15, 0.2) is 30.6 Å². The van der Waals surface area contributed by atoms with Crippen LogP contribution in [-0.2, 0) is 18.0 Å². The third-order valence-electron chi connectivity index (χ3n) is 8.18. The lowest BCUT2D eigenvalue weighted by atomic mass is 10.0. The number of imidazole rings is 1. The molecular weight excluding hydrogens is 625 g/mol. The number of nitrogens with zero attached hydrogens (tertiary/aromatic N) is 4. The second kappa shape index (κ2) is 14.7. The van der Waals surface area contributed by atoms with Crippen molar-refractivity contribution >= 4 is 35.0 Å². The summed E-state index contributed by atoms with van der Waals surface area (Å²) in [5, 5.41) is 15.5. The fourth-order valence-corrected chi connectivity index (χ4v) is 5.49. The van der Waals surface area contributed by atoms with Gasteiger partial charge in [-0.2, -0.15) is 18.3 Å². The number of hydrogen-bond acceptors (Lipinski definition) is 6. The topological polar surface area (TPSA) is 135 Å². The van der Waals surface area contributed by atoms with E-state index in [9.17, 15) is 27.6 Å². The van der Waals surface area contributed by atoms with E-state index in [1.54, 1.807) is 0 Å². The molecular formula is C31H38ClF3N8O3. The highest BCUT2D eigenvalue weighted by atomic mass is 35.5. The van der Waals surface area contributed by atoms with Crippen LogP contribution >= 0.6 is 11.6 Å². The van der Waals surface area contributed by atoms with Gasteiger partial charge in [-0.1, -0.05) is 30.9 Å². The predicted molar refractivity (Wildman–Crippen MR) is 167 cm³/mol. The molecule has 1 saturated carbocycles. The van der Waals surface area contributed by atoms with Crippen LogP contribution in [0.25, 0.3) is 11.3 Å². The van der Waals surface area contributed by atoms with Crippen molar-refractivity contribution in [3.63, 3.8) is 0 Å². The lowest BCUT2D eigenvalue weighted by Gasteiger charge is -2.27. The number of carbonyl (C=O) groups excluding carboxylic acids is 3. The molecule has 248 valence electrons. The molecule has 1 aliphatic heterocycles. The van der Waals surface area contributed by atoms with Gasteiger partial charge in [0, 0.05) is 57.4 Å². The Kier molecular flexibility index (Phi) is 10.7. The standard InChI is InChI=1S/C31H38ClF3N8O3/c1-42-25(23-18-43(21-9-10-21)41-27(23)31(33,34)35)17-39-28(42)30(46)40-20-8-11-22(24(32)13-20)29(45)37-12-6-4-2-3-5-7-26(44)38-16-19-14-36-15-19/h8,11,13,17-19,21,36H,2-7,9-10,12,14-16H2,1H3,(H,37,45)(H,38,44)(H,40,46). The lowest BCUT2D eigenvalue weighted by Crippen LogP contribution is -2.48. The smallest absolute Gasteiger partial charge is 0.356 e. The molecule has 0 unspecified atom stereocenters. The molecule has 2 aromatic heterocycles. The molecule has 3 aromatic rings. The third kappa shape index (κ3) is 8.46. The SMILES string of the molecule is Cn1c(-c2cn(C3CC3)nc2C(F)(F)F)cnc1C(=O)Nc1ccc(C(=O)NCCCCCCCC(=O)NCC2CNC2)c(Cl)c1. The van der Waals surface area contributed by atoms with Crippen LogP contribution in [0.2, 0.25) is 5.02 Å². The van der Waals surface area contributed by atoms with Crippen molar-refractivity contribution in [3.8, 4) is 11.3 Å². The molecule has 3 amide bonds. The van der Waals surface area contributed by atoms with Gasteiger partial charge in [-0.3, -0.25) is 19.1 Å². The van der Waals surface area contributed by atoms with Gasteiger partial charge in [0.05, 0.1) is 34.1 Å². The fourth-order valence-electron chi connectivity index (χ4n) is 5.23. The number of rotatable bonds is 15. The van der Waals surface area contributed by atoms with Gasteiger partial charge < -0.3 is 25.8 Å². The summed E-state index contributed by atoms with van der Waals surface area (Å²) < 4.78 is 43.8. The van der Waals surface area contributed by atoms with E-state index < -0.39 is 17.8 Å². The van der Waals surface area contributed by atoms with E-state index in [4.69, 9.17) is 11.6 Å². The Morgan fingerprint density at radius 2 is 1.78 bits per heavy atom. The van der Waals surface area contributed by atoms with Crippen molar-refractivity contribution in [3.05, 3.63) is 52.7 Å². The van der Waals surface area contributed by atoms with Crippen LogP contribution < -0.4 is 21.3 Å². The molecule has 2 aliphatic rings. The maximum Gasteiger partial charge on any atom is 0.435 e. The average molecular weight is 663 g/mol. The molecule has 0 radical (unpaired) electrons. The normalized spacial score (nSPS) is 15.0. The van der Waals surface area contributed by atoms with Gasteiger partial charge in [0.1, 0.15) is 0 Å².